The van der Waals surface area contributed by atoms with Crippen LogP contribution in [0.2, 0.25) is 0 Å². The normalized spacial score (nSPS) is 17.8. The highest BCUT2D eigenvalue weighted by Gasteiger charge is 2.18. The summed E-state index contributed by atoms with van der Waals surface area (Å²) in [6.45, 7) is 3.14. The number of rotatable bonds is 7. The van der Waals surface area contributed by atoms with Gasteiger partial charge in [-0.3, -0.25) is 4.90 Å². The minimum Gasteiger partial charge on any atom is -0.492 e. The lowest BCUT2D eigenvalue weighted by molar-refractivity contribution is 0.00938. The van der Waals surface area contributed by atoms with E-state index >= 15 is 0 Å². The Hall–Kier alpha value is -1.98. The van der Waals surface area contributed by atoms with Crippen LogP contribution in [-0.2, 0) is 11.3 Å². The van der Waals surface area contributed by atoms with Crippen molar-refractivity contribution in [3.63, 3.8) is 0 Å². The number of ether oxygens (including phenoxy) is 2. The molecule has 0 radical (unpaired) electrons. The van der Waals surface area contributed by atoms with Gasteiger partial charge in [0.25, 0.3) is 0 Å². The minimum atomic E-state index is 0.0739. The van der Waals surface area contributed by atoms with Crippen LogP contribution >= 0.6 is 0 Å². The minimum absolute atomic E-state index is 0.0739. The van der Waals surface area contributed by atoms with E-state index in [1.807, 2.05) is 42.7 Å². The van der Waals surface area contributed by atoms with Gasteiger partial charge in [-0.25, -0.2) is 9.97 Å². The summed E-state index contributed by atoms with van der Waals surface area (Å²) in [5, 5.41) is 0. The SMILES string of the molecule is CN(CCOc1ccccc1)Cc1cnc([C@H]2CCCCO2)nc1. The van der Waals surface area contributed by atoms with E-state index in [4.69, 9.17) is 9.47 Å². The van der Waals surface area contributed by atoms with E-state index in [0.717, 1.165) is 49.7 Å². The van der Waals surface area contributed by atoms with Crippen LogP contribution in [0.5, 0.6) is 5.75 Å². The zero-order chi connectivity index (χ0) is 16.6. The van der Waals surface area contributed by atoms with Gasteiger partial charge in [0.05, 0.1) is 0 Å². The van der Waals surface area contributed by atoms with Crippen LogP contribution in [-0.4, -0.2) is 41.7 Å². The number of benzene rings is 1. The van der Waals surface area contributed by atoms with Crippen LogP contribution < -0.4 is 4.74 Å². The molecule has 0 saturated carbocycles. The molecule has 1 fully saturated rings. The summed E-state index contributed by atoms with van der Waals surface area (Å²) >= 11 is 0. The number of hydrogen-bond donors (Lipinski definition) is 0. The fourth-order valence-electron chi connectivity index (χ4n) is 2.78. The Kier molecular flexibility index (Phi) is 6.15. The van der Waals surface area contributed by atoms with Gasteiger partial charge < -0.3 is 9.47 Å². The van der Waals surface area contributed by atoms with Crippen LogP contribution in [0.3, 0.4) is 0 Å². The van der Waals surface area contributed by atoms with Crippen molar-refractivity contribution in [3.05, 3.63) is 54.1 Å². The first kappa shape index (κ1) is 16.9. The van der Waals surface area contributed by atoms with E-state index in [-0.39, 0.29) is 6.10 Å². The standard InChI is InChI=1S/C19H25N3O2/c1-22(10-12-23-17-7-3-2-4-8-17)15-16-13-20-19(21-14-16)18-9-5-6-11-24-18/h2-4,7-8,13-14,18H,5-6,9-12,15H2,1H3/t18-/m1/s1. The monoisotopic (exact) mass is 327 g/mol. The van der Waals surface area contributed by atoms with Crippen molar-refractivity contribution in [3.8, 4) is 5.75 Å². The van der Waals surface area contributed by atoms with E-state index in [1.165, 1.54) is 6.42 Å². The van der Waals surface area contributed by atoms with Crippen molar-refractivity contribution in [2.75, 3.05) is 26.8 Å². The highest BCUT2D eigenvalue weighted by molar-refractivity contribution is 5.20. The summed E-state index contributed by atoms with van der Waals surface area (Å²) in [4.78, 5) is 11.2. The Labute approximate surface area is 143 Å². The van der Waals surface area contributed by atoms with Gasteiger partial charge in [-0.05, 0) is 38.4 Å². The largest absolute Gasteiger partial charge is 0.492 e. The number of nitrogens with zero attached hydrogens (tertiary/aromatic N) is 3. The molecule has 128 valence electrons. The topological polar surface area (TPSA) is 47.5 Å². The van der Waals surface area contributed by atoms with Gasteiger partial charge >= 0.3 is 0 Å². The van der Waals surface area contributed by atoms with Gasteiger partial charge in [-0.2, -0.15) is 0 Å². The Bertz CT molecular complexity index is 598. The zero-order valence-electron chi connectivity index (χ0n) is 14.2. The zero-order valence-corrected chi connectivity index (χ0v) is 14.2. The van der Waals surface area contributed by atoms with Gasteiger partial charge in [-0.15, -0.1) is 0 Å². The molecule has 1 saturated heterocycles. The van der Waals surface area contributed by atoms with Crippen molar-refractivity contribution in [2.45, 2.75) is 31.9 Å². The summed E-state index contributed by atoms with van der Waals surface area (Å²) in [6.07, 6.45) is 7.26. The number of aromatic nitrogens is 2. The molecule has 0 spiro atoms. The van der Waals surface area contributed by atoms with Crippen molar-refractivity contribution >= 4 is 0 Å². The third-order valence-corrected chi connectivity index (χ3v) is 4.13. The smallest absolute Gasteiger partial charge is 0.157 e. The molecule has 2 heterocycles. The lowest BCUT2D eigenvalue weighted by atomic mass is 10.1. The molecular formula is C19H25N3O2. The molecule has 1 aromatic heterocycles. The van der Waals surface area contributed by atoms with Gasteiger partial charge in [-0.1, -0.05) is 18.2 Å². The summed E-state index contributed by atoms with van der Waals surface area (Å²) < 4.78 is 11.5. The average molecular weight is 327 g/mol. The predicted octanol–water partition coefficient (Wildman–Crippen LogP) is 3.23. The molecule has 3 rings (SSSR count). The first-order valence-corrected chi connectivity index (χ1v) is 8.60. The van der Waals surface area contributed by atoms with Gasteiger partial charge in [0.15, 0.2) is 5.82 Å². The van der Waals surface area contributed by atoms with Crippen LogP contribution in [0.15, 0.2) is 42.7 Å². The van der Waals surface area contributed by atoms with E-state index in [9.17, 15) is 0 Å². The van der Waals surface area contributed by atoms with Gasteiger partial charge in [0, 0.05) is 37.7 Å². The number of hydrogen-bond acceptors (Lipinski definition) is 5. The van der Waals surface area contributed by atoms with Gasteiger partial charge in [0.1, 0.15) is 18.5 Å². The summed E-state index contributed by atoms with van der Waals surface area (Å²) in [5.41, 5.74) is 1.11. The van der Waals surface area contributed by atoms with Crippen molar-refractivity contribution in [2.24, 2.45) is 0 Å². The fourth-order valence-corrected chi connectivity index (χ4v) is 2.78. The molecule has 0 N–H and O–H groups in total. The second-order valence-corrected chi connectivity index (χ2v) is 6.20. The van der Waals surface area contributed by atoms with Crippen molar-refractivity contribution in [1.82, 2.24) is 14.9 Å². The van der Waals surface area contributed by atoms with E-state index < -0.39 is 0 Å². The first-order valence-electron chi connectivity index (χ1n) is 8.60. The van der Waals surface area contributed by atoms with Crippen molar-refractivity contribution in [1.29, 1.82) is 0 Å². The third-order valence-electron chi connectivity index (χ3n) is 4.13. The highest BCUT2D eigenvalue weighted by atomic mass is 16.5. The van der Waals surface area contributed by atoms with Crippen LogP contribution in [0.25, 0.3) is 0 Å². The molecular weight excluding hydrogens is 302 g/mol. The Morgan fingerprint density at radius 1 is 1.17 bits per heavy atom. The number of likely N-dealkylation sites (N-methyl/N-ethyl adjacent to an activating group) is 1. The molecule has 0 unspecified atom stereocenters. The Morgan fingerprint density at radius 2 is 1.96 bits per heavy atom. The highest BCUT2D eigenvalue weighted by Crippen LogP contribution is 2.24. The summed E-state index contributed by atoms with van der Waals surface area (Å²) in [6, 6.07) is 9.89. The summed E-state index contributed by atoms with van der Waals surface area (Å²) in [7, 11) is 2.08. The molecule has 0 bridgehead atoms. The van der Waals surface area contributed by atoms with E-state index in [0.29, 0.717) is 6.61 Å². The molecule has 1 atom stereocenters. The molecule has 0 amide bonds. The van der Waals surface area contributed by atoms with Crippen molar-refractivity contribution < 1.29 is 9.47 Å². The van der Waals surface area contributed by atoms with Crippen LogP contribution in [0.4, 0.5) is 0 Å². The second-order valence-electron chi connectivity index (χ2n) is 6.20. The van der Waals surface area contributed by atoms with E-state index in [1.54, 1.807) is 0 Å². The maximum absolute atomic E-state index is 5.73. The first-order chi connectivity index (χ1) is 11.8. The predicted molar refractivity (Wildman–Crippen MR) is 92.8 cm³/mol. The molecule has 5 nitrogen and oxygen atoms in total. The summed E-state index contributed by atoms with van der Waals surface area (Å²) in [5.74, 6) is 1.72. The maximum Gasteiger partial charge on any atom is 0.157 e. The molecule has 24 heavy (non-hydrogen) atoms. The Balaban J connectivity index is 1.43. The molecule has 1 aliphatic rings. The fraction of sp³-hybridized carbons (Fsp3) is 0.474. The molecule has 0 aliphatic carbocycles. The molecule has 1 aromatic carbocycles. The third kappa shape index (κ3) is 5.01. The number of para-hydroxylation sites is 1. The van der Waals surface area contributed by atoms with Gasteiger partial charge in [0.2, 0.25) is 0 Å². The van der Waals surface area contributed by atoms with E-state index in [2.05, 4.69) is 21.9 Å². The lowest BCUT2D eigenvalue weighted by Crippen LogP contribution is -2.24. The van der Waals surface area contributed by atoms with Crippen LogP contribution in [0, 0.1) is 0 Å². The lowest BCUT2D eigenvalue weighted by Gasteiger charge is -2.21. The molecule has 5 heteroatoms. The quantitative estimate of drug-likeness (QED) is 0.781. The van der Waals surface area contributed by atoms with Crippen LogP contribution in [0.1, 0.15) is 36.8 Å². The second kappa shape index (κ2) is 8.76. The average Bonchev–Trinajstić information content (AvgIpc) is 2.64. The Morgan fingerprint density at radius 3 is 2.67 bits per heavy atom. The molecule has 1 aliphatic heterocycles. The molecule has 2 aromatic rings. The maximum atomic E-state index is 5.73.